The van der Waals surface area contributed by atoms with E-state index in [0.29, 0.717) is 6.54 Å². The molecule has 1 aromatic rings. The molecule has 0 atom stereocenters. The predicted octanol–water partition coefficient (Wildman–Crippen LogP) is 1.97. The van der Waals surface area contributed by atoms with Crippen LogP contribution in [0.1, 0.15) is 31.2 Å². The topological polar surface area (TPSA) is 72.3 Å². The fourth-order valence-corrected chi connectivity index (χ4v) is 2.83. The van der Waals surface area contributed by atoms with Gasteiger partial charge in [-0.25, -0.2) is 4.79 Å². The Morgan fingerprint density at radius 1 is 1.28 bits per heavy atom. The van der Waals surface area contributed by atoms with Crippen molar-refractivity contribution in [2.45, 2.75) is 31.1 Å². The molecule has 0 heterocycles. The van der Waals surface area contributed by atoms with Gasteiger partial charge in [-0.05, 0) is 30.5 Å². The van der Waals surface area contributed by atoms with Crippen molar-refractivity contribution in [3.63, 3.8) is 0 Å². The molecule has 4 nitrogen and oxygen atoms in total. The molecular weight excluding hydrogens is 226 g/mol. The highest BCUT2D eigenvalue weighted by Crippen LogP contribution is 2.40. The summed E-state index contributed by atoms with van der Waals surface area (Å²) < 4.78 is 0. The number of anilines is 1. The molecule has 2 rings (SSSR count). The van der Waals surface area contributed by atoms with E-state index >= 15 is 0 Å². The molecule has 2 amide bonds. The van der Waals surface area contributed by atoms with E-state index in [1.807, 2.05) is 12.1 Å². The van der Waals surface area contributed by atoms with Gasteiger partial charge in [-0.3, -0.25) is 4.90 Å². The standard InChI is InChI=1S/C14H21N3O/c1-17(13(16)18)12-6-4-11(5-7-12)14(10-15)8-2-3-9-14/h4-7H,2-3,8-10,15H2,1H3,(H2,16,18). The zero-order chi connectivity index (χ0) is 13.2. The number of hydrogen-bond donors (Lipinski definition) is 2. The van der Waals surface area contributed by atoms with E-state index in [1.54, 1.807) is 7.05 Å². The van der Waals surface area contributed by atoms with Gasteiger partial charge in [-0.2, -0.15) is 0 Å². The third-order valence-corrected chi connectivity index (χ3v) is 4.15. The van der Waals surface area contributed by atoms with Gasteiger partial charge in [-0.15, -0.1) is 0 Å². The molecule has 0 saturated heterocycles. The van der Waals surface area contributed by atoms with Crippen molar-refractivity contribution >= 4 is 11.7 Å². The Kier molecular flexibility index (Phi) is 3.57. The Morgan fingerprint density at radius 2 is 1.83 bits per heavy atom. The minimum absolute atomic E-state index is 0.143. The number of amides is 2. The Morgan fingerprint density at radius 3 is 2.28 bits per heavy atom. The van der Waals surface area contributed by atoms with Crippen LogP contribution in [0.15, 0.2) is 24.3 Å². The van der Waals surface area contributed by atoms with Crippen molar-refractivity contribution in [2.24, 2.45) is 11.5 Å². The zero-order valence-corrected chi connectivity index (χ0v) is 10.9. The Bertz CT molecular complexity index is 421. The summed E-state index contributed by atoms with van der Waals surface area (Å²) in [5.74, 6) is 0. The molecule has 0 aromatic heterocycles. The molecule has 1 saturated carbocycles. The highest BCUT2D eigenvalue weighted by atomic mass is 16.2. The second-order valence-corrected chi connectivity index (χ2v) is 5.14. The van der Waals surface area contributed by atoms with Crippen LogP contribution in [0.5, 0.6) is 0 Å². The van der Waals surface area contributed by atoms with E-state index in [9.17, 15) is 4.79 Å². The average Bonchev–Trinajstić information content (AvgIpc) is 2.88. The molecule has 18 heavy (non-hydrogen) atoms. The van der Waals surface area contributed by atoms with Gasteiger partial charge in [0.15, 0.2) is 0 Å². The number of urea groups is 1. The van der Waals surface area contributed by atoms with Crippen LogP contribution in [0.3, 0.4) is 0 Å². The summed E-state index contributed by atoms with van der Waals surface area (Å²) in [6.45, 7) is 0.692. The minimum atomic E-state index is -0.447. The van der Waals surface area contributed by atoms with Gasteiger partial charge in [0.2, 0.25) is 0 Å². The van der Waals surface area contributed by atoms with E-state index in [-0.39, 0.29) is 5.41 Å². The van der Waals surface area contributed by atoms with Gasteiger partial charge in [-0.1, -0.05) is 25.0 Å². The van der Waals surface area contributed by atoms with Crippen LogP contribution in [-0.2, 0) is 5.41 Å². The average molecular weight is 247 g/mol. The second kappa shape index (κ2) is 4.98. The minimum Gasteiger partial charge on any atom is -0.351 e. The van der Waals surface area contributed by atoms with Gasteiger partial charge in [0, 0.05) is 24.7 Å². The lowest BCUT2D eigenvalue weighted by Crippen LogP contribution is -2.33. The molecule has 1 aliphatic carbocycles. The summed E-state index contributed by atoms with van der Waals surface area (Å²) in [5.41, 5.74) is 13.5. The van der Waals surface area contributed by atoms with Crippen molar-refractivity contribution in [1.29, 1.82) is 0 Å². The van der Waals surface area contributed by atoms with Gasteiger partial charge in [0.05, 0.1) is 0 Å². The Balaban J connectivity index is 2.24. The highest BCUT2D eigenvalue weighted by molar-refractivity contribution is 5.89. The number of nitrogens with two attached hydrogens (primary N) is 2. The summed E-state index contributed by atoms with van der Waals surface area (Å²) in [4.78, 5) is 12.5. The van der Waals surface area contributed by atoms with E-state index in [0.717, 1.165) is 18.5 Å². The summed E-state index contributed by atoms with van der Waals surface area (Å²) >= 11 is 0. The van der Waals surface area contributed by atoms with Crippen LogP contribution in [0, 0.1) is 0 Å². The molecule has 4 N–H and O–H groups in total. The second-order valence-electron chi connectivity index (χ2n) is 5.14. The van der Waals surface area contributed by atoms with Crippen molar-refractivity contribution in [2.75, 3.05) is 18.5 Å². The van der Waals surface area contributed by atoms with Crippen LogP contribution in [-0.4, -0.2) is 19.6 Å². The van der Waals surface area contributed by atoms with Crippen molar-refractivity contribution in [3.8, 4) is 0 Å². The number of carbonyl (C=O) groups excluding carboxylic acids is 1. The van der Waals surface area contributed by atoms with E-state index in [1.165, 1.54) is 23.3 Å². The monoisotopic (exact) mass is 247 g/mol. The molecule has 0 unspecified atom stereocenters. The summed E-state index contributed by atoms with van der Waals surface area (Å²) in [7, 11) is 1.67. The van der Waals surface area contributed by atoms with Crippen LogP contribution in [0.25, 0.3) is 0 Å². The maximum atomic E-state index is 11.1. The van der Waals surface area contributed by atoms with Crippen molar-refractivity contribution in [3.05, 3.63) is 29.8 Å². The van der Waals surface area contributed by atoms with E-state index in [2.05, 4.69) is 12.1 Å². The molecular formula is C14H21N3O. The van der Waals surface area contributed by atoms with Gasteiger partial charge < -0.3 is 11.5 Å². The van der Waals surface area contributed by atoms with Gasteiger partial charge in [0.1, 0.15) is 0 Å². The number of primary amides is 1. The van der Waals surface area contributed by atoms with Crippen molar-refractivity contribution in [1.82, 2.24) is 0 Å². The first-order valence-corrected chi connectivity index (χ1v) is 6.43. The summed E-state index contributed by atoms with van der Waals surface area (Å²) in [6, 6.07) is 7.59. The fraction of sp³-hybridized carbons (Fsp3) is 0.500. The molecule has 4 heteroatoms. The first-order chi connectivity index (χ1) is 8.59. The summed E-state index contributed by atoms with van der Waals surface area (Å²) in [5, 5.41) is 0. The predicted molar refractivity (Wildman–Crippen MR) is 73.6 cm³/mol. The third kappa shape index (κ3) is 2.20. The Hall–Kier alpha value is -1.55. The highest BCUT2D eigenvalue weighted by Gasteiger charge is 2.34. The van der Waals surface area contributed by atoms with Crippen LogP contribution < -0.4 is 16.4 Å². The molecule has 1 aromatic carbocycles. The maximum Gasteiger partial charge on any atom is 0.318 e. The first-order valence-electron chi connectivity index (χ1n) is 6.43. The lowest BCUT2D eigenvalue weighted by molar-refractivity contribution is 0.255. The lowest BCUT2D eigenvalue weighted by Gasteiger charge is -2.28. The summed E-state index contributed by atoms with van der Waals surface area (Å²) in [6.07, 6.45) is 4.82. The molecule has 0 bridgehead atoms. The lowest BCUT2D eigenvalue weighted by atomic mass is 9.79. The van der Waals surface area contributed by atoms with E-state index in [4.69, 9.17) is 11.5 Å². The number of carbonyl (C=O) groups is 1. The first kappa shape index (κ1) is 12.9. The number of benzene rings is 1. The molecule has 98 valence electrons. The number of nitrogens with zero attached hydrogens (tertiary/aromatic N) is 1. The molecule has 1 fully saturated rings. The third-order valence-electron chi connectivity index (χ3n) is 4.15. The fourth-order valence-electron chi connectivity index (χ4n) is 2.83. The molecule has 0 radical (unpaired) electrons. The molecule has 1 aliphatic rings. The number of hydrogen-bond acceptors (Lipinski definition) is 2. The quantitative estimate of drug-likeness (QED) is 0.857. The Labute approximate surface area is 108 Å². The maximum absolute atomic E-state index is 11.1. The van der Waals surface area contributed by atoms with Crippen LogP contribution in [0.2, 0.25) is 0 Å². The molecule has 0 aliphatic heterocycles. The van der Waals surface area contributed by atoms with E-state index < -0.39 is 6.03 Å². The van der Waals surface area contributed by atoms with Crippen LogP contribution in [0.4, 0.5) is 10.5 Å². The SMILES string of the molecule is CN(C(N)=O)c1ccc(C2(CN)CCCC2)cc1. The van der Waals surface area contributed by atoms with Crippen molar-refractivity contribution < 1.29 is 4.79 Å². The van der Waals surface area contributed by atoms with Gasteiger partial charge >= 0.3 is 6.03 Å². The van der Waals surface area contributed by atoms with Gasteiger partial charge in [0.25, 0.3) is 0 Å². The molecule has 0 spiro atoms. The number of rotatable bonds is 3. The normalized spacial score (nSPS) is 17.7. The largest absolute Gasteiger partial charge is 0.351 e. The zero-order valence-electron chi connectivity index (χ0n) is 10.9. The van der Waals surface area contributed by atoms with Crippen LogP contribution >= 0.6 is 0 Å². The smallest absolute Gasteiger partial charge is 0.318 e.